The van der Waals surface area contributed by atoms with E-state index in [-0.39, 0.29) is 6.54 Å². The van der Waals surface area contributed by atoms with Gasteiger partial charge in [-0.25, -0.2) is 9.97 Å². The van der Waals surface area contributed by atoms with Gasteiger partial charge in [0.25, 0.3) is 0 Å². The smallest absolute Gasteiger partial charge is 0.317 e. The zero-order chi connectivity index (χ0) is 26.9. The predicted molar refractivity (Wildman–Crippen MR) is 152 cm³/mol. The minimum Gasteiger partial charge on any atom is -0.480 e. The van der Waals surface area contributed by atoms with Gasteiger partial charge in [0.15, 0.2) is 0 Å². The van der Waals surface area contributed by atoms with Gasteiger partial charge in [0.05, 0.1) is 6.54 Å². The van der Waals surface area contributed by atoms with E-state index in [2.05, 4.69) is 57.5 Å². The van der Waals surface area contributed by atoms with E-state index in [1.807, 2.05) is 41.4 Å². The van der Waals surface area contributed by atoms with Crippen molar-refractivity contribution in [3.05, 3.63) is 66.5 Å². The van der Waals surface area contributed by atoms with Crippen LogP contribution >= 0.6 is 0 Å². The largest absolute Gasteiger partial charge is 0.480 e. The first-order valence-electron chi connectivity index (χ1n) is 13.3. The molecule has 202 valence electrons. The van der Waals surface area contributed by atoms with Crippen LogP contribution in [0.4, 0.5) is 17.3 Å². The standard InChI is InChI=1S/C29H39N7O2/c1-21(2)26(8-10-30)34-27-7-6-24(18-32-27)23-9-11-31-28(17-23)33-25-5-3-4-22(16-25)19-35-12-14-36(15-13-35)20-29(37)38/h3-7,9,11,16-18,21,26H,8,10,12-15,19-20,30H2,1-2H3,(H,31,33)(H,32,34)(H,37,38). The fraction of sp³-hybridized carbons (Fsp3) is 0.414. The van der Waals surface area contributed by atoms with Crippen molar-refractivity contribution in [2.45, 2.75) is 32.9 Å². The fourth-order valence-electron chi connectivity index (χ4n) is 4.72. The highest BCUT2D eigenvalue weighted by Crippen LogP contribution is 2.25. The minimum atomic E-state index is -0.765. The first-order chi connectivity index (χ1) is 18.4. The van der Waals surface area contributed by atoms with Crippen molar-refractivity contribution in [3.63, 3.8) is 0 Å². The van der Waals surface area contributed by atoms with Crippen LogP contribution in [0.15, 0.2) is 60.9 Å². The van der Waals surface area contributed by atoms with Crippen molar-refractivity contribution in [1.82, 2.24) is 19.8 Å². The van der Waals surface area contributed by atoms with Gasteiger partial charge in [-0.1, -0.05) is 26.0 Å². The Morgan fingerprint density at radius 2 is 1.79 bits per heavy atom. The summed E-state index contributed by atoms with van der Waals surface area (Å²) in [5, 5.41) is 15.9. The number of pyridine rings is 2. The molecular formula is C29H39N7O2. The summed E-state index contributed by atoms with van der Waals surface area (Å²) in [5.74, 6) is 1.33. The third-order valence-electron chi connectivity index (χ3n) is 6.90. The summed E-state index contributed by atoms with van der Waals surface area (Å²) in [4.78, 5) is 24.4. The molecule has 3 aromatic rings. The third kappa shape index (κ3) is 7.98. The van der Waals surface area contributed by atoms with Gasteiger partial charge in [-0.3, -0.25) is 14.6 Å². The molecule has 9 nitrogen and oxygen atoms in total. The molecule has 1 aromatic carbocycles. The summed E-state index contributed by atoms with van der Waals surface area (Å²) < 4.78 is 0. The van der Waals surface area contributed by atoms with Gasteiger partial charge in [0.2, 0.25) is 0 Å². The van der Waals surface area contributed by atoms with E-state index in [9.17, 15) is 4.79 Å². The molecule has 1 saturated heterocycles. The summed E-state index contributed by atoms with van der Waals surface area (Å²) in [6, 6.07) is 16.8. The number of hydrogen-bond donors (Lipinski definition) is 4. The Labute approximate surface area is 225 Å². The third-order valence-corrected chi connectivity index (χ3v) is 6.90. The first-order valence-corrected chi connectivity index (χ1v) is 13.3. The maximum atomic E-state index is 10.9. The van der Waals surface area contributed by atoms with E-state index in [4.69, 9.17) is 10.8 Å². The van der Waals surface area contributed by atoms with E-state index in [0.29, 0.717) is 18.5 Å². The lowest BCUT2D eigenvalue weighted by molar-refractivity contribution is -0.138. The number of carbonyl (C=O) groups is 1. The molecule has 4 rings (SSSR count). The molecule has 9 heteroatoms. The highest BCUT2D eigenvalue weighted by molar-refractivity contribution is 5.69. The Bertz CT molecular complexity index is 1180. The van der Waals surface area contributed by atoms with Crippen LogP contribution in [-0.4, -0.2) is 76.2 Å². The predicted octanol–water partition coefficient (Wildman–Crippen LogP) is 3.87. The fourth-order valence-corrected chi connectivity index (χ4v) is 4.72. The molecule has 38 heavy (non-hydrogen) atoms. The van der Waals surface area contributed by atoms with Gasteiger partial charge >= 0.3 is 5.97 Å². The van der Waals surface area contributed by atoms with Crippen molar-refractivity contribution in [2.75, 3.05) is 49.9 Å². The maximum absolute atomic E-state index is 10.9. The molecule has 0 spiro atoms. The summed E-state index contributed by atoms with van der Waals surface area (Å²) in [5.41, 5.74) is 10.0. The first kappa shape index (κ1) is 27.5. The van der Waals surface area contributed by atoms with E-state index in [1.54, 1.807) is 6.20 Å². The number of nitrogens with zero attached hydrogens (tertiary/aromatic N) is 4. The summed E-state index contributed by atoms with van der Waals surface area (Å²) in [7, 11) is 0. The SMILES string of the molecule is CC(C)C(CCN)Nc1ccc(-c2ccnc(Nc3cccc(CN4CCN(CC(=O)O)CC4)c3)c2)cn1. The van der Waals surface area contributed by atoms with Crippen molar-refractivity contribution in [2.24, 2.45) is 11.7 Å². The molecule has 3 heterocycles. The number of piperazine rings is 1. The lowest BCUT2D eigenvalue weighted by Gasteiger charge is -2.33. The average Bonchev–Trinajstić information content (AvgIpc) is 2.90. The van der Waals surface area contributed by atoms with Gasteiger partial charge < -0.3 is 21.5 Å². The highest BCUT2D eigenvalue weighted by Gasteiger charge is 2.19. The van der Waals surface area contributed by atoms with Crippen molar-refractivity contribution in [1.29, 1.82) is 0 Å². The topological polar surface area (TPSA) is 120 Å². The molecule has 2 aromatic heterocycles. The molecule has 1 fully saturated rings. The van der Waals surface area contributed by atoms with E-state index in [0.717, 1.165) is 67.6 Å². The zero-order valence-corrected chi connectivity index (χ0v) is 22.3. The van der Waals surface area contributed by atoms with Crippen molar-refractivity contribution < 1.29 is 9.90 Å². The number of benzene rings is 1. The van der Waals surface area contributed by atoms with Crippen molar-refractivity contribution in [3.8, 4) is 11.1 Å². The molecule has 1 atom stereocenters. The van der Waals surface area contributed by atoms with Gasteiger partial charge in [-0.15, -0.1) is 0 Å². The molecule has 5 N–H and O–H groups in total. The number of aromatic nitrogens is 2. The Hall–Kier alpha value is -3.53. The number of nitrogens with one attached hydrogen (secondary N) is 2. The molecule has 0 saturated carbocycles. The zero-order valence-electron chi connectivity index (χ0n) is 22.3. The molecule has 0 amide bonds. The number of carboxylic acid groups (broad SMARTS) is 1. The van der Waals surface area contributed by atoms with E-state index in [1.165, 1.54) is 5.56 Å². The molecule has 1 aliphatic heterocycles. The van der Waals surface area contributed by atoms with Crippen molar-refractivity contribution >= 4 is 23.3 Å². The Morgan fingerprint density at radius 3 is 2.47 bits per heavy atom. The number of carboxylic acids is 1. The second-order valence-electron chi connectivity index (χ2n) is 10.2. The van der Waals surface area contributed by atoms with Crippen LogP contribution < -0.4 is 16.4 Å². The van der Waals surface area contributed by atoms with Gasteiger partial charge in [0.1, 0.15) is 11.6 Å². The minimum absolute atomic E-state index is 0.115. The average molecular weight is 518 g/mol. The van der Waals surface area contributed by atoms with E-state index >= 15 is 0 Å². The number of rotatable bonds is 12. The summed E-state index contributed by atoms with van der Waals surface area (Å²) >= 11 is 0. The van der Waals surface area contributed by atoms with Gasteiger partial charge in [-0.05, 0) is 66.4 Å². The lowest BCUT2D eigenvalue weighted by Crippen LogP contribution is -2.47. The molecule has 0 aliphatic carbocycles. The molecule has 0 radical (unpaired) electrons. The highest BCUT2D eigenvalue weighted by atomic mass is 16.4. The summed E-state index contributed by atoms with van der Waals surface area (Å²) in [6.45, 7) is 9.25. The number of hydrogen-bond acceptors (Lipinski definition) is 8. The second kappa shape index (κ2) is 13.3. The maximum Gasteiger partial charge on any atom is 0.317 e. The Kier molecular flexibility index (Phi) is 9.64. The molecule has 1 aliphatic rings. The van der Waals surface area contributed by atoms with Gasteiger partial charge in [-0.2, -0.15) is 0 Å². The Balaban J connectivity index is 1.36. The lowest BCUT2D eigenvalue weighted by atomic mass is 10.0. The monoisotopic (exact) mass is 517 g/mol. The number of anilines is 3. The number of nitrogens with two attached hydrogens (primary N) is 1. The molecule has 0 bridgehead atoms. The quantitative estimate of drug-likeness (QED) is 0.284. The van der Waals surface area contributed by atoms with Crippen LogP contribution in [0.25, 0.3) is 11.1 Å². The van der Waals surface area contributed by atoms with E-state index < -0.39 is 5.97 Å². The van der Waals surface area contributed by atoms with Crippen LogP contribution in [0.1, 0.15) is 25.8 Å². The molecule has 1 unspecified atom stereocenters. The molecular weight excluding hydrogens is 478 g/mol. The Morgan fingerprint density at radius 1 is 1.00 bits per heavy atom. The number of aliphatic carboxylic acids is 1. The summed E-state index contributed by atoms with van der Waals surface area (Å²) in [6.07, 6.45) is 4.60. The van der Waals surface area contributed by atoms with Gasteiger partial charge in [0, 0.05) is 62.4 Å². The van der Waals surface area contributed by atoms with Crippen LogP contribution in [-0.2, 0) is 11.3 Å². The second-order valence-corrected chi connectivity index (χ2v) is 10.2. The van der Waals surface area contributed by atoms with Crippen LogP contribution in [0.5, 0.6) is 0 Å². The van der Waals surface area contributed by atoms with Crippen LogP contribution in [0.3, 0.4) is 0 Å². The van der Waals surface area contributed by atoms with Crippen LogP contribution in [0.2, 0.25) is 0 Å². The van der Waals surface area contributed by atoms with Crippen LogP contribution in [0, 0.1) is 5.92 Å². The normalized spacial score (nSPS) is 15.4.